The fourth-order valence-electron chi connectivity index (χ4n) is 6.16. The number of fused-ring (bicyclic) bond motifs is 1. The average molecular weight is 482 g/mol. The Balaban J connectivity index is 1.46. The summed E-state index contributed by atoms with van der Waals surface area (Å²) >= 11 is 0. The molecule has 0 spiro atoms. The highest BCUT2D eigenvalue weighted by Gasteiger charge is 2.69. The van der Waals surface area contributed by atoms with E-state index in [1.54, 1.807) is 18.2 Å². The Morgan fingerprint density at radius 3 is 2.60 bits per heavy atom. The second-order valence-electron chi connectivity index (χ2n) is 9.35. The first-order valence-electron chi connectivity index (χ1n) is 11.1. The Morgan fingerprint density at radius 2 is 1.86 bits per heavy atom. The number of aliphatic hydroxyl groups is 2. The number of benzene rings is 2. The molecule has 7 rings (SSSR count). The Morgan fingerprint density at radius 1 is 1.09 bits per heavy atom. The van der Waals surface area contributed by atoms with Crippen molar-refractivity contribution in [3.05, 3.63) is 53.1 Å². The van der Waals surface area contributed by atoms with Gasteiger partial charge in [0, 0.05) is 29.9 Å². The van der Waals surface area contributed by atoms with Gasteiger partial charge in [0.05, 0.1) is 19.6 Å². The largest absolute Gasteiger partial charge is 0.508 e. The number of phenols is 3. The van der Waals surface area contributed by atoms with E-state index in [-0.39, 0.29) is 35.2 Å². The van der Waals surface area contributed by atoms with Gasteiger partial charge in [0.1, 0.15) is 22.8 Å². The third-order valence-corrected chi connectivity index (χ3v) is 7.62. The highest BCUT2D eigenvalue weighted by atomic mass is 16.6. The van der Waals surface area contributed by atoms with E-state index >= 15 is 0 Å². The topological polar surface area (TPSA) is 163 Å². The van der Waals surface area contributed by atoms with Gasteiger partial charge in [-0.2, -0.15) is 0 Å². The molecule has 2 heterocycles. The molecular weight excluding hydrogens is 460 g/mol. The number of methoxy groups -OCH3 is 1. The van der Waals surface area contributed by atoms with Crippen LogP contribution in [0.4, 0.5) is 0 Å². The molecule has 182 valence electrons. The third-order valence-electron chi connectivity index (χ3n) is 7.62. The second-order valence-corrected chi connectivity index (χ2v) is 9.35. The number of ketones is 2. The molecule has 0 aromatic heterocycles. The number of aliphatic hydroxyl groups excluding tert-OH is 1. The molecule has 0 amide bonds. The van der Waals surface area contributed by atoms with Gasteiger partial charge in [0.2, 0.25) is 11.6 Å². The minimum Gasteiger partial charge on any atom is -0.508 e. The van der Waals surface area contributed by atoms with E-state index in [0.717, 1.165) is 12.1 Å². The molecule has 4 bridgehead atoms. The Bertz CT molecular complexity index is 1320. The first-order chi connectivity index (χ1) is 16.7. The highest BCUT2D eigenvalue weighted by molar-refractivity contribution is 6.06. The van der Waals surface area contributed by atoms with Gasteiger partial charge in [0.15, 0.2) is 29.5 Å². The van der Waals surface area contributed by atoms with Crippen LogP contribution in [0.3, 0.4) is 0 Å². The van der Waals surface area contributed by atoms with Gasteiger partial charge in [0.25, 0.3) is 0 Å². The minimum absolute atomic E-state index is 0.0452. The normalized spacial score (nSPS) is 34.9. The van der Waals surface area contributed by atoms with Crippen molar-refractivity contribution in [1.29, 1.82) is 0 Å². The molecule has 1 saturated carbocycles. The summed E-state index contributed by atoms with van der Waals surface area (Å²) in [5, 5.41) is 52.0. The van der Waals surface area contributed by atoms with Crippen molar-refractivity contribution in [3.8, 4) is 28.7 Å². The van der Waals surface area contributed by atoms with Crippen LogP contribution in [0.1, 0.15) is 21.8 Å². The second kappa shape index (κ2) is 7.20. The van der Waals surface area contributed by atoms with Crippen LogP contribution in [0.2, 0.25) is 0 Å². The zero-order valence-corrected chi connectivity index (χ0v) is 18.4. The predicted molar refractivity (Wildman–Crippen MR) is 116 cm³/mol. The molecule has 0 radical (unpaired) electrons. The molecular formula is C25H22O10. The third kappa shape index (κ3) is 2.81. The number of carbonyl (C=O) groups excluding carboxylic acids is 2. The average Bonchev–Trinajstić information content (AvgIpc) is 3.14. The number of hydrogen-bond donors (Lipinski definition) is 5. The maximum atomic E-state index is 13.3. The molecule has 35 heavy (non-hydrogen) atoms. The molecule has 1 saturated heterocycles. The van der Waals surface area contributed by atoms with Crippen LogP contribution in [0, 0.1) is 17.8 Å². The van der Waals surface area contributed by atoms with E-state index in [0.29, 0.717) is 11.1 Å². The summed E-state index contributed by atoms with van der Waals surface area (Å²) in [7, 11) is 1.42. The molecule has 2 aromatic rings. The van der Waals surface area contributed by atoms with Gasteiger partial charge >= 0.3 is 0 Å². The van der Waals surface area contributed by atoms with Crippen LogP contribution >= 0.6 is 0 Å². The Labute approximate surface area is 198 Å². The number of hydrogen-bond acceptors (Lipinski definition) is 10. The van der Waals surface area contributed by atoms with E-state index in [2.05, 4.69) is 0 Å². The van der Waals surface area contributed by atoms with E-state index < -0.39 is 59.0 Å². The molecule has 7 atom stereocenters. The van der Waals surface area contributed by atoms with E-state index in [4.69, 9.17) is 14.2 Å². The number of aromatic hydroxyl groups is 3. The van der Waals surface area contributed by atoms with Crippen molar-refractivity contribution in [1.82, 2.24) is 0 Å². The predicted octanol–water partition coefficient (Wildman–Crippen LogP) is 0.990. The molecule has 5 N–H and O–H groups in total. The van der Waals surface area contributed by atoms with Gasteiger partial charge < -0.3 is 39.7 Å². The van der Waals surface area contributed by atoms with E-state index in [1.807, 2.05) is 0 Å². The smallest absolute Gasteiger partial charge is 0.234 e. The van der Waals surface area contributed by atoms with Gasteiger partial charge in [-0.1, -0.05) is 12.1 Å². The van der Waals surface area contributed by atoms with Gasteiger partial charge in [-0.3, -0.25) is 9.59 Å². The molecule has 3 aliphatic carbocycles. The fraction of sp³-hybridized carbons (Fsp3) is 0.360. The monoisotopic (exact) mass is 482 g/mol. The molecule has 2 fully saturated rings. The summed E-state index contributed by atoms with van der Waals surface area (Å²) in [6.07, 6.45) is -1.37. The van der Waals surface area contributed by atoms with E-state index in [9.17, 15) is 35.1 Å². The number of carbonyl (C=O) groups is 2. The molecule has 2 aromatic carbocycles. The lowest BCUT2D eigenvalue weighted by atomic mass is 9.55. The maximum Gasteiger partial charge on any atom is 0.234 e. The molecule has 10 heteroatoms. The van der Waals surface area contributed by atoms with Crippen LogP contribution in [-0.4, -0.2) is 68.8 Å². The zero-order chi connectivity index (χ0) is 24.8. The van der Waals surface area contributed by atoms with Crippen LogP contribution in [0.15, 0.2) is 42.0 Å². The summed E-state index contributed by atoms with van der Waals surface area (Å²) < 4.78 is 16.7. The highest BCUT2D eigenvalue weighted by Crippen LogP contribution is 2.61. The molecule has 5 aliphatic rings. The first kappa shape index (κ1) is 21.9. The standard InChI is InChI=1S/C25H22O10/c1-33-16-4-9(2-3-14(16)27)18-11-7-12(20-13(18)8-34-25(20,32)24(11)31)23-22(30)21(29)19-15(28)5-10(26)6-17(19)35-23/h2-7,11,13,18,20,22-23,26-28,30,32H,8H2,1H3/t11-,13-,18+,20+,22+,23+,25-/m1/s1. The van der Waals surface area contributed by atoms with Crippen molar-refractivity contribution in [2.75, 3.05) is 13.7 Å². The van der Waals surface area contributed by atoms with Crippen molar-refractivity contribution >= 4 is 11.6 Å². The minimum atomic E-state index is -2.13. The molecule has 2 aliphatic heterocycles. The van der Waals surface area contributed by atoms with Crippen molar-refractivity contribution in [2.45, 2.75) is 23.9 Å². The Hall–Kier alpha value is -3.60. The van der Waals surface area contributed by atoms with Gasteiger partial charge in [-0.05, 0) is 23.3 Å². The summed E-state index contributed by atoms with van der Waals surface area (Å²) in [5.41, 5.74) is 0.796. The lowest BCUT2D eigenvalue weighted by Gasteiger charge is -2.50. The summed E-state index contributed by atoms with van der Waals surface area (Å²) in [5.74, 6) is -6.84. The first-order valence-corrected chi connectivity index (χ1v) is 11.1. The summed E-state index contributed by atoms with van der Waals surface area (Å²) in [6, 6.07) is 6.91. The van der Waals surface area contributed by atoms with Crippen molar-refractivity contribution < 1.29 is 49.3 Å². The Kier molecular flexibility index (Phi) is 4.51. The van der Waals surface area contributed by atoms with Crippen LogP contribution < -0.4 is 9.47 Å². The number of allylic oxidation sites excluding steroid dienone is 1. The fourth-order valence-corrected chi connectivity index (χ4v) is 6.16. The van der Waals surface area contributed by atoms with Crippen LogP contribution in [0.25, 0.3) is 0 Å². The van der Waals surface area contributed by atoms with Crippen molar-refractivity contribution in [2.24, 2.45) is 17.8 Å². The van der Waals surface area contributed by atoms with Crippen LogP contribution in [0.5, 0.6) is 28.7 Å². The lowest BCUT2D eigenvalue weighted by molar-refractivity contribution is -0.206. The zero-order valence-electron chi connectivity index (χ0n) is 18.4. The number of ether oxygens (including phenoxy) is 3. The van der Waals surface area contributed by atoms with E-state index in [1.165, 1.54) is 13.2 Å². The van der Waals surface area contributed by atoms with Crippen molar-refractivity contribution in [3.63, 3.8) is 0 Å². The number of phenolic OH excluding ortho intramolecular Hbond substituents is 3. The summed E-state index contributed by atoms with van der Waals surface area (Å²) in [4.78, 5) is 26.2. The lowest BCUT2D eigenvalue weighted by Crippen LogP contribution is -2.60. The van der Waals surface area contributed by atoms with Gasteiger partial charge in [-0.25, -0.2) is 0 Å². The quantitative estimate of drug-likeness (QED) is 0.399. The van der Waals surface area contributed by atoms with Crippen LogP contribution in [-0.2, 0) is 9.53 Å². The SMILES string of the molecule is COc1cc([C@@H]2[C@H]3CO[C@@]4(O)C(=O)[C@@H]2C=C([C@@H]2Oc5cc(O)cc(O)c5C(=O)[C@@H]2O)[C@@H]34)ccc1O. The maximum absolute atomic E-state index is 13.3. The summed E-state index contributed by atoms with van der Waals surface area (Å²) in [6.45, 7) is 0.0452. The molecule has 0 unspecified atom stereocenters. The number of Topliss-reactive ketones (excluding diaryl/α,β-unsaturated/α-hetero) is 2. The number of rotatable bonds is 3. The van der Waals surface area contributed by atoms with Gasteiger partial charge in [-0.15, -0.1) is 0 Å². The molecule has 10 nitrogen and oxygen atoms in total.